The van der Waals surface area contributed by atoms with E-state index in [2.05, 4.69) is 20.4 Å². The summed E-state index contributed by atoms with van der Waals surface area (Å²) < 4.78 is 11.8. The van der Waals surface area contributed by atoms with E-state index in [1.54, 1.807) is 0 Å². The molecule has 0 aromatic rings. The van der Waals surface area contributed by atoms with Crippen LogP contribution < -0.4 is 0 Å². The molecule has 1 saturated heterocycles. The molecule has 4 nitrogen and oxygen atoms in total. The van der Waals surface area contributed by atoms with Gasteiger partial charge in [0.1, 0.15) is 5.60 Å². The number of ether oxygens (including phenoxy) is 2. The number of fused-ring (bicyclic) bond motifs is 6. The first kappa shape index (κ1) is 19.4. The summed E-state index contributed by atoms with van der Waals surface area (Å²) in [5, 5.41) is 0. The average Bonchev–Trinajstić information content (AvgIpc) is 3.22. The number of esters is 1. The van der Waals surface area contributed by atoms with E-state index < -0.39 is 0 Å². The zero-order valence-electron chi connectivity index (χ0n) is 18.1. The van der Waals surface area contributed by atoms with Crippen molar-refractivity contribution in [3.63, 3.8) is 0 Å². The molecule has 4 heteroatoms. The molecular formula is C25H34O4. The van der Waals surface area contributed by atoms with Gasteiger partial charge in [0.05, 0.1) is 18.8 Å². The molecule has 29 heavy (non-hydrogen) atoms. The van der Waals surface area contributed by atoms with Gasteiger partial charge >= 0.3 is 5.97 Å². The second-order valence-electron chi connectivity index (χ2n) is 10.8. The second-order valence-corrected chi connectivity index (χ2v) is 10.8. The van der Waals surface area contributed by atoms with Crippen LogP contribution in [0.25, 0.3) is 0 Å². The van der Waals surface area contributed by atoms with Crippen LogP contribution in [0.15, 0.2) is 24.0 Å². The number of hydrogen-bond acceptors (Lipinski definition) is 4. The highest BCUT2D eigenvalue weighted by Gasteiger charge is 2.68. The van der Waals surface area contributed by atoms with Crippen LogP contribution in [0.2, 0.25) is 0 Å². The Morgan fingerprint density at radius 1 is 1.14 bits per heavy atom. The molecule has 4 fully saturated rings. The lowest BCUT2D eigenvalue weighted by Crippen LogP contribution is -2.58. The molecule has 0 N–H and O–H groups in total. The Hall–Kier alpha value is -1.58. The number of rotatable bonds is 1. The molecule has 1 aliphatic heterocycles. The molecule has 3 saturated carbocycles. The van der Waals surface area contributed by atoms with Gasteiger partial charge in [0.2, 0.25) is 0 Å². The number of hydrogen-bond donors (Lipinski definition) is 0. The Morgan fingerprint density at radius 3 is 2.59 bits per heavy atom. The van der Waals surface area contributed by atoms with Crippen molar-refractivity contribution >= 4 is 11.8 Å². The maximum absolute atomic E-state index is 13.0. The predicted octanol–water partition coefficient (Wildman–Crippen LogP) is 4.98. The van der Waals surface area contributed by atoms with Gasteiger partial charge in [-0.2, -0.15) is 0 Å². The summed E-state index contributed by atoms with van der Waals surface area (Å²) in [6, 6.07) is 0. The van der Waals surface area contributed by atoms with Gasteiger partial charge in [0.25, 0.3) is 0 Å². The second kappa shape index (κ2) is 6.21. The highest BCUT2D eigenvalue weighted by molar-refractivity contribution is 5.92. The fourth-order valence-corrected chi connectivity index (χ4v) is 8.35. The maximum atomic E-state index is 13.0. The van der Waals surface area contributed by atoms with Gasteiger partial charge in [-0.25, -0.2) is 0 Å². The number of methoxy groups -OCH3 is 1. The lowest BCUT2D eigenvalue weighted by atomic mass is 9.44. The van der Waals surface area contributed by atoms with Gasteiger partial charge in [0.15, 0.2) is 5.78 Å². The fourth-order valence-electron chi connectivity index (χ4n) is 8.35. The first-order valence-corrected chi connectivity index (χ1v) is 11.4. The predicted molar refractivity (Wildman–Crippen MR) is 110 cm³/mol. The molecular weight excluding hydrogens is 364 g/mol. The monoisotopic (exact) mass is 398 g/mol. The van der Waals surface area contributed by atoms with Crippen molar-refractivity contribution in [3.05, 3.63) is 24.0 Å². The van der Waals surface area contributed by atoms with E-state index in [9.17, 15) is 9.59 Å². The van der Waals surface area contributed by atoms with Crippen LogP contribution in [-0.4, -0.2) is 24.5 Å². The SMILES string of the molecule is C=C1CC[C@@]2(CCC3C4C(CC[C@@]32C)[C@@]2(C)CCC(=O)C=C2C[C@@H]4C(=O)OC)O1. The molecule has 3 unspecified atom stereocenters. The third kappa shape index (κ3) is 2.44. The molecule has 7 atom stereocenters. The van der Waals surface area contributed by atoms with Crippen molar-refractivity contribution in [1.29, 1.82) is 0 Å². The van der Waals surface area contributed by atoms with Crippen molar-refractivity contribution < 1.29 is 19.1 Å². The Labute approximate surface area is 174 Å². The Kier molecular flexibility index (Phi) is 4.15. The van der Waals surface area contributed by atoms with E-state index >= 15 is 0 Å². The van der Waals surface area contributed by atoms with Gasteiger partial charge < -0.3 is 9.47 Å². The first-order valence-electron chi connectivity index (χ1n) is 11.4. The van der Waals surface area contributed by atoms with Gasteiger partial charge in [-0.15, -0.1) is 0 Å². The minimum atomic E-state index is -0.139. The van der Waals surface area contributed by atoms with E-state index in [1.165, 1.54) is 12.7 Å². The molecule has 158 valence electrons. The van der Waals surface area contributed by atoms with Crippen LogP contribution in [0.3, 0.4) is 0 Å². The standard InChI is InChI=1S/C25H34O4/c1-15-5-11-25(29-15)12-8-20-21-18(22(27)28-4)14-16-13-17(26)6-9-23(16,2)19(21)7-10-24(20,25)3/h13,18-21H,1,5-12,14H2,2-4H3/t18-,19?,20?,21?,23-,24-,25-/m0/s1. The summed E-state index contributed by atoms with van der Waals surface area (Å²) in [6.07, 6.45) is 10.6. The van der Waals surface area contributed by atoms with E-state index in [-0.39, 0.29) is 34.1 Å². The molecule has 5 rings (SSSR count). The molecule has 0 aromatic carbocycles. The molecule has 1 spiro atoms. The van der Waals surface area contributed by atoms with Gasteiger partial charge in [-0.3, -0.25) is 9.59 Å². The molecule has 0 bridgehead atoms. The average molecular weight is 399 g/mol. The maximum Gasteiger partial charge on any atom is 0.309 e. The summed E-state index contributed by atoms with van der Waals surface area (Å²) in [7, 11) is 1.51. The number of allylic oxidation sites excluding steroid dienone is 2. The van der Waals surface area contributed by atoms with Crippen LogP contribution >= 0.6 is 0 Å². The number of carbonyl (C=O) groups excluding carboxylic acids is 2. The topological polar surface area (TPSA) is 52.6 Å². The highest BCUT2D eigenvalue weighted by Crippen LogP contribution is 2.71. The summed E-state index contributed by atoms with van der Waals surface area (Å²) in [4.78, 5) is 25.1. The minimum absolute atomic E-state index is 0.0420. The Morgan fingerprint density at radius 2 is 1.90 bits per heavy atom. The molecule has 0 aromatic heterocycles. The third-order valence-electron chi connectivity index (χ3n) is 9.96. The van der Waals surface area contributed by atoms with Crippen LogP contribution in [0.1, 0.15) is 71.6 Å². The van der Waals surface area contributed by atoms with E-state index in [0.29, 0.717) is 30.6 Å². The van der Waals surface area contributed by atoms with Crippen molar-refractivity contribution in [3.8, 4) is 0 Å². The van der Waals surface area contributed by atoms with Crippen molar-refractivity contribution in [2.45, 2.75) is 77.2 Å². The van der Waals surface area contributed by atoms with Crippen LogP contribution in [0, 0.1) is 34.5 Å². The van der Waals surface area contributed by atoms with Gasteiger partial charge in [0, 0.05) is 18.3 Å². The van der Waals surface area contributed by atoms with Crippen LogP contribution in [0.5, 0.6) is 0 Å². The zero-order valence-corrected chi connectivity index (χ0v) is 18.1. The molecule has 0 amide bonds. The fraction of sp³-hybridized carbons (Fsp3) is 0.760. The van der Waals surface area contributed by atoms with Crippen molar-refractivity contribution in [1.82, 2.24) is 0 Å². The lowest BCUT2D eigenvalue weighted by Gasteiger charge is -2.60. The molecule has 4 aliphatic carbocycles. The van der Waals surface area contributed by atoms with E-state index in [4.69, 9.17) is 9.47 Å². The summed E-state index contributed by atoms with van der Waals surface area (Å²) in [5.41, 5.74) is 1.23. The molecule has 5 aliphatic rings. The Bertz CT molecular complexity index is 812. The van der Waals surface area contributed by atoms with Crippen molar-refractivity contribution in [2.24, 2.45) is 34.5 Å². The van der Waals surface area contributed by atoms with Crippen LogP contribution in [-0.2, 0) is 19.1 Å². The van der Waals surface area contributed by atoms with Gasteiger partial charge in [-0.1, -0.05) is 26.0 Å². The number of carbonyl (C=O) groups is 2. The first-order chi connectivity index (χ1) is 13.7. The van der Waals surface area contributed by atoms with E-state index in [1.807, 2.05) is 6.08 Å². The highest BCUT2D eigenvalue weighted by atomic mass is 16.5. The largest absolute Gasteiger partial charge is 0.492 e. The smallest absolute Gasteiger partial charge is 0.309 e. The summed E-state index contributed by atoms with van der Waals surface area (Å²) in [6.45, 7) is 8.90. The zero-order chi connectivity index (χ0) is 20.6. The van der Waals surface area contributed by atoms with E-state index in [0.717, 1.165) is 50.7 Å². The quantitative estimate of drug-likeness (QED) is 0.585. The molecule has 1 heterocycles. The number of ketones is 1. The normalized spacial score (nSPS) is 48.4. The van der Waals surface area contributed by atoms with Gasteiger partial charge in [-0.05, 0) is 74.2 Å². The minimum Gasteiger partial charge on any atom is -0.492 e. The summed E-state index contributed by atoms with van der Waals surface area (Å²) >= 11 is 0. The summed E-state index contributed by atoms with van der Waals surface area (Å²) in [5.74, 6) is 2.14. The lowest BCUT2D eigenvalue weighted by molar-refractivity contribution is -0.166. The third-order valence-corrected chi connectivity index (χ3v) is 9.96. The Balaban J connectivity index is 1.58. The van der Waals surface area contributed by atoms with Crippen LogP contribution in [0.4, 0.5) is 0 Å². The molecule has 0 radical (unpaired) electrons. The van der Waals surface area contributed by atoms with Crippen molar-refractivity contribution in [2.75, 3.05) is 7.11 Å².